The first kappa shape index (κ1) is 15.7. The van der Waals surface area contributed by atoms with E-state index in [-0.39, 0.29) is 42.4 Å². The maximum atomic E-state index is 12.5. The number of nitrogens with zero attached hydrogens (tertiary/aromatic N) is 1. The lowest BCUT2D eigenvalue weighted by molar-refractivity contribution is -0.0304. The molecule has 0 bridgehead atoms. The summed E-state index contributed by atoms with van der Waals surface area (Å²) in [5.41, 5.74) is 10.9. The highest BCUT2D eigenvalue weighted by atomic mass is 32.2. The van der Waals surface area contributed by atoms with Crippen molar-refractivity contribution in [3.05, 3.63) is 23.8 Å². The van der Waals surface area contributed by atoms with E-state index in [4.69, 9.17) is 21.3 Å². The van der Waals surface area contributed by atoms with Crippen LogP contribution in [-0.2, 0) is 14.8 Å². The summed E-state index contributed by atoms with van der Waals surface area (Å²) in [7, 11) is -3.81. The van der Waals surface area contributed by atoms with Crippen molar-refractivity contribution in [1.82, 2.24) is 4.31 Å². The molecule has 8 nitrogen and oxygen atoms in total. The van der Waals surface area contributed by atoms with Crippen molar-refractivity contribution in [2.24, 2.45) is 5.73 Å². The van der Waals surface area contributed by atoms with Gasteiger partial charge in [-0.2, -0.15) is 4.31 Å². The molecule has 1 heterocycles. The summed E-state index contributed by atoms with van der Waals surface area (Å²) in [6.07, 6.45) is -0.556. The third-order valence-electron chi connectivity index (χ3n) is 3.22. The van der Waals surface area contributed by atoms with Crippen LogP contribution in [0, 0.1) is 0 Å². The Morgan fingerprint density at radius 1 is 1.48 bits per heavy atom. The molecule has 0 spiro atoms. The van der Waals surface area contributed by atoms with Crippen molar-refractivity contribution in [1.29, 1.82) is 0 Å². The van der Waals surface area contributed by atoms with Crippen LogP contribution >= 0.6 is 0 Å². The lowest BCUT2D eigenvalue weighted by Crippen LogP contribution is -2.46. The SMILES string of the molecule is NC(=O)c1ccc(S(=O)(=O)N2CCOC(CO)C2)c(N)c1. The highest BCUT2D eigenvalue weighted by Gasteiger charge is 2.31. The number of nitrogens with two attached hydrogens (primary N) is 2. The van der Waals surface area contributed by atoms with Gasteiger partial charge in [0.05, 0.1) is 25.0 Å². The fourth-order valence-corrected chi connectivity index (χ4v) is 3.65. The van der Waals surface area contributed by atoms with Crippen molar-refractivity contribution in [3.63, 3.8) is 0 Å². The Hall–Kier alpha value is -1.68. The zero-order chi connectivity index (χ0) is 15.6. The number of nitrogen functional groups attached to an aromatic ring is 1. The minimum Gasteiger partial charge on any atom is -0.398 e. The maximum absolute atomic E-state index is 12.5. The number of carbonyl (C=O) groups is 1. The minimum atomic E-state index is -3.81. The lowest BCUT2D eigenvalue weighted by Gasteiger charge is -2.31. The molecular weight excluding hydrogens is 298 g/mol. The molecular formula is C12H17N3O5S. The van der Waals surface area contributed by atoms with Gasteiger partial charge >= 0.3 is 0 Å². The molecule has 1 unspecified atom stereocenters. The number of hydrogen-bond donors (Lipinski definition) is 3. The van der Waals surface area contributed by atoms with Gasteiger partial charge in [-0.25, -0.2) is 8.42 Å². The fourth-order valence-electron chi connectivity index (χ4n) is 2.10. The quantitative estimate of drug-likeness (QED) is 0.594. The number of anilines is 1. The number of morpholine rings is 1. The van der Waals surface area contributed by atoms with Crippen LogP contribution in [0.1, 0.15) is 10.4 Å². The Kier molecular flexibility index (Phi) is 4.47. The van der Waals surface area contributed by atoms with Crippen LogP contribution in [0.25, 0.3) is 0 Å². The van der Waals surface area contributed by atoms with E-state index in [0.717, 1.165) is 0 Å². The first-order chi connectivity index (χ1) is 9.86. The lowest BCUT2D eigenvalue weighted by atomic mass is 10.2. The summed E-state index contributed by atoms with van der Waals surface area (Å²) >= 11 is 0. The summed E-state index contributed by atoms with van der Waals surface area (Å²) in [4.78, 5) is 11.0. The zero-order valence-electron chi connectivity index (χ0n) is 11.2. The number of amides is 1. The van der Waals surface area contributed by atoms with Gasteiger partial charge in [-0.3, -0.25) is 4.79 Å². The third-order valence-corrected chi connectivity index (χ3v) is 5.16. The van der Waals surface area contributed by atoms with Crippen molar-refractivity contribution < 1.29 is 23.1 Å². The summed E-state index contributed by atoms with van der Waals surface area (Å²) < 4.78 is 31.5. The van der Waals surface area contributed by atoms with Gasteiger partial charge in [0.1, 0.15) is 4.90 Å². The topological polar surface area (TPSA) is 136 Å². The number of aliphatic hydroxyl groups is 1. The van der Waals surface area contributed by atoms with Crippen molar-refractivity contribution in [2.75, 3.05) is 32.0 Å². The number of hydrogen-bond acceptors (Lipinski definition) is 6. The second-order valence-corrected chi connectivity index (χ2v) is 6.56. The van der Waals surface area contributed by atoms with Gasteiger partial charge in [0.25, 0.3) is 0 Å². The van der Waals surface area contributed by atoms with E-state index in [0.29, 0.717) is 0 Å². The smallest absolute Gasteiger partial charge is 0.248 e. The van der Waals surface area contributed by atoms with E-state index < -0.39 is 22.0 Å². The van der Waals surface area contributed by atoms with Gasteiger partial charge in [-0.15, -0.1) is 0 Å². The molecule has 1 fully saturated rings. The Balaban J connectivity index is 2.33. The number of carbonyl (C=O) groups excluding carboxylic acids is 1. The monoisotopic (exact) mass is 315 g/mol. The summed E-state index contributed by atoms with van der Waals surface area (Å²) in [5.74, 6) is -0.683. The van der Waals surface area contributed by atoms with E-state index in [9.17, 15) is 13.2 Å². The van der Waals surface area contributed by atoms with Crippen LogP contribution < -0.4 is 11.5 Å². The molecule has 1 aromatic rings. The molecule has 0 aliphatic carbocycles. The molecule has 0 radical (unpaired) electrons. The molecule has 1 aliphatic heterocycles. The Labute approximate surface area is 122 Å². The third kappa shape index (κ3) is 3.16. The number of ether oxygens (including phenoxy) is 1. The molecule has 9 heteroatoms. The van der Waals surface area contributed by atoms with Gasteiger partial charge in [-0.05, 0) is 18.2 Å². The van der Waals surface area contributed by atoms with Crippen LogP contribution in [0.3, 0.4) is 0 Å². The largest absolute Gasteiger partial charge is 0.398 e. The van der Waals surface area contributed by atoms with Gasteiger partial charge in [0.2, 0.25) is 15.9 Å². The average Bonchev–Trinajstić information content (AvgIpc) is 2.46. The second kappa shape index (κ2) is 5.98. The molecule has 1 aromatic carbocycles. The van der Waals surface area contributed by atoms with Gasteiger partial charge in [0.15, 0.2) is 0 Å². The highest BCUT2D eigenvalue weighted by molar-refractivity contribution is 7.89. The number of sulfonamides is 1. The molecule has 0 aromatic heterocycles. The summed E-state index contributed by atoms with van der Waals surface area (Å²) in [6, 6.07) is 3.81. The molecule has 21 heavy (non-hydrogen) atoms. The Bertz CT molecular complexity index is 646. The van der Waals surface area contributed by atoms with Crippen molar-refractivity contribution in [2.45, 2.75) is 11.0 Å². The molecule has 1 aliphatic rings. The van der Waals surface area contributed by atoms with Gasteiger partial charge in [-0.1, -0.05) is 0 Å². The first-order valence-electron chi connectivity index (χ1n) is 6.28. The summed E-state index contributed by atoms with van der Waals surface area (Å²) in [5, 5.41) is 9.07. The Morgan fingerprint density at radius 2 is 2.19 bits per heavy atom. The molecule has 116 valence electrons. The average molecular weight is 315 g/mol. The maximum Gasteiger partial charge on any atom is 0.248 e. The van der Waals surface area contributed by atoms with E-state index >= 15 is 0 Å². The summed E-state index contributed by atoms with van der Waals surface area (Å²) in [6.45, 7) is 0.164. The number of primary amides is 1. The predicted molar refractivity (Wildman–Crippen MR) is 75.0 cm³/mol. The molecule has 1 saturated heterocycles. The van der Waals surface area contributed by atoms with E-state index in [1.807, 2.05) is 0 Å². The van der Waals surface area contributed by atoms with Crippen LogP contribution in [0.5, 0.6) is 0 Å². The fraction of sp³-hybridized carbons (Fsp3) is 0.417. The molecule has 5 N–H and O–H groups in total. The molecule has 0 saturated carbocycles. The minimum absolute atomic E-state index is 0.0432. The van der Waals surface area contributed by atoms with Crippen molar-refractivity contribution in [3.8, 4) is 0 Å². The van der Waals surface area contributed by atoms with Gasteiger partial charge < -0.3 is 21.3 Å². The van der Waals surface area contributed by atoms with E-state index in [2.05, 4.69) is 0 Å². The molecule has 1 amide bonds. The zero-order valence-corrected chi connectivity index (χ0v) is 12.0. The van der Waals surface area contributed by atoms with E-state index in [1.54, 1.807) is 0 Å². The molecule has 1 atom stereocenters. The molecule has 2 rings (SSSR count). The van der Waals surface area contributed by atoms with Gasteiger partial charge in [0, 0.05) is 18.7 Å². The van der Waals surface area contributed by atoms with Crippen LogP contribution in [0.4, 0.5) is 5.69 Å². The predicted octanol–water partition coefficient (Wildman–Crippen LogP) is -1.25. The van der Waals surface area contributed by atoms with Crippen LogP contribution in [0.15, 0.2) is 23.1 Å². The number of aliphatic hydroxyl groups excluding tert-OH is 1. The highest BCUT2D eigenvalue weighted by Crippen LogP contribution is 2.25. The van der Waals surface area contributed by atoms with Crippen LogP contribution in [-0.4, -0.2) is 56.1 Å². The Morgan fingerprint density at radius 3 is 2.76 bits per heavy atom. The standard InChI is InChI=1S/C12H17N3O5S/c13-10-5-8(12(14)17)1-2-11(10)21(18,19)15-3-4-20-9(6-15)7-16/h1-2,5,9,16H,3-4,6-7,13H2,(H2,14,17). The second-order valence-electron chi connectivity index (χ2n) is 4.66. The number of benzene rings is 1. The number of rotatable bonds is 4. The van der Waals surface area contributed by atoms with Crippen molar-refractivity contribution >= 4 is 21.6 Å². The first-order valence-corrected chi connectivity index (χ1v) is 7.72. The normalized spacial score (nSPS) is 20.3. The van der Waals surface area contributed by atoms with Crippen LogP contribution in [0.2, 0.25) is 0 Å². The van der Waals surface area contributed by atoms with E-state index in [1.165, 1.54) is 22.5 Å².